The van der Waals surface area contributed by atoms with E-state index in [2.05, 4.69) is 4.98 Å². The second-order valence-electron chi connectivity index (χ2n) is 5.30. The molecule has 2 aromatic carbocycles. The molecule has 0 spiro atoms. The number of rotatable bonds is 4. The number of hydrogen-bond acceptors (Lipinski definition) is 5. The lowest BCUT2D eigenvalue weighted by Gasteiger charge is -2.12. The highest BCUT2D eigenvalue weighted by Gasteiger charge is 2.34. The molecule has 6 nitrogen and oxygen atoms in total. The van der Waals surface area contributed by atoms with E-state index in [4.69, 9.17) is 4.42 Å². The predicted molar refractivity (Wildman–Crippen MR) is 86.2 cm³/mol. The largest absolute Gasteiger partial charge is 0.480 e. The van der Waals surface area contributed by atoms with Crippen LogP contribution in [0.2, 0.25) is 0 Å². The maximum Gasteiger partial charge on any atom is 0.359 e. The van der Waals surface area contributed by atoms with Crippen LogP contribution < -0.4 is 5.63 Å². The van der Waals surface area contributed by atoms with Gasteiger partial charge in [-0.05, 0) is 24.6 Å². The number of benzene rings is 2. The second kappa shape index (κ2) is 6.08. The molecule has 0 amide bonds. The maximum atomic E-state index is 12.7. The molecule has 0 aliphatic heterocycles. The van der Waals surface area contributed by atoms with E-state index in [1.54, 1.807) is 49.4 Å². The molecule has 3 rings (SSSR count). The number of hydrogen-bond donors (Lipinski definition) is 1. The van der Waals surface area contributed by atoms with Crippen LogP contribution in [-0.2, 0) is 4.79 Å². The molecule has 3 aromatic rings. The van der Waals surface area contributed by atoms with Gasteiger partial charge in [0.2, 0.25) is 0 Å². The van der Waals surface area contributed by atoms with Gasteiger partial charge in [0.15, 0.2) is 17.3 Å². The monoisotopic (exact) mass is 323 g/mol. The third-order valence-electron chi connectivity index (χ3n) is 3.71. The standard InChI is InChI=1S/C18H13NO5/c1-10-6-2-3-7-11(10)16(20)14(17(21)22)15-18(23)24-13-9-5-4-8-12(13)19-15/h2-9,14H,1H3,(H,21,22). The Hall–Kier alpha value is -3.28. The summed E-state index contributed by atoms with van der Waals surface area (Å²) in [6.07, 6.45) is 0. The molecular formula is C18H13NO5. The normalized spacial score (nSPS) is 12.0. The number of carbonyl (C=O) groups is 2. The Morgan fingerprint density at radius 1 is 1.08 bits per heavy atom. The first-order chi connectivity index (χ1) is 11.5. The molecule has 0 fully saturated rings. The van der Waals surface area contributed by atoms with Gasteiger partial charge in [-0.3, -0.25) is 9.59 Å². The van der Waals surface area contributed by atoms with Crippen molar-refractivity contribution in [3.8, 4) is 0 Å². The molecule has 1 aromatic heterocycles. The van der Waals surface area contributed by atoms with E-state index in [0.29, 0.717) is 11.1 Å². The van der Waals surface area contributed by atoms with Gasteiger partial charge in [-0.2, -0.15) is 0 Å². The number of Topliss-reactive ketones (excluding diaryl/α,β-unsaturated/α-hetero) is 1. The van der Waals surface area contributed by atoms with Gasteiger partial charge in [0.25, 0.3) is 0 Å². The third kappa shape index (κ3) is 2.69. The van der Waals surface area contributed by atoms with Crippen LogP contribution in [0.1, 0.15) is 27.5 Å². The van der Waals surface area contributed by atoms with Crippen LogP contribution in [0.3, 0.4) is 0 Å². The topological polar surface area (TPSA) is 97.5 Å². The lowest BCUT2D eigenvalue weighted by Crippen LogP contribution is -2.28. The predicted octanol–water partition coefficient (Wildman–Crippen LogP) is 2.55. The molecule has 0 saturated heterocycles. The number of aryl methyl sites for hydroxylation is 1. The zero-order valence-corrected chi connectivity index (χ0v) is 12.7. The number of carboxylic acids is 1. The van der Waals surface area contributed by atoms with Crippen LogP contribution in [0.25, 0.3) is 11.1 Å². The zero-order chi connectivity index (χ0) is 17.3. The Morgan fingerprint density at radius 2 is 1.75 bits per heavy atom. The summed E-state index contributed by atoms with van der Waals surface area (Å²) >= 11 is 0. The molecule has 24 heavy (non-hydrogen) atoms. The number of fused-ring (bicyclic) bond motifs is 1. The molecule has 0 bridgehead atoms. The first kappa shape index (κ1) is 15.6. The van der Waals surface area contributed by atoms with Gasteiger partial charge < -0.3 is 9.52 Å². The van der Waals surface area contributed by atoms with Gasteiger partial charge >= 0.3 is 11.6 Å². The number of ketones is 1. The fourth-order valence-corrected chi connectivity index (χ4v) is 2.50. The summed E-state index contributed by atoms with van der Waals surface area (Å²) in [5, 5.41) is 9.50. The molecule has 1 heterocycles. The summed E-state index contributed by atoms with van der Waals surface area (Å²) < 4.78 is 5.11. The zero-order valence-electron chi connectivity index (χ0n) is 12.7. The highest BCUT2D eigenvalue weighted by Crippen LogP contribution is 2.21. The Kier molecular flexibility index (Phi) is 3.95. The SMILES string of the molecule is Cc1ccccc1C(=O)C(C(=O)O)c1nc2ccccc2oc1=O. The van der Waals surface area contributed by atoms with E-state index in [1.165, 1.54) is 6.07 Å². The van der Waals surface area contributed by atoms with Crippen molar-refractivity contribution in [1.29, 1.82) is 0 Å². The highest BCUT2D eigenvalue weighted by molar-refractivity contribution is 6.12. The summed E-state index contributed by atoms with van der Waals surface area (Å²) in [5.41, 5.74) is 0.0605. The fraction of sp³-hybridized carbons (Fsp3) is 0.111. The van der Waals surface area contributed by atoms with Gasteiger partial charge in [0.1, 0.15) is 11.2 Å². The number of aliphatic carboxylic acids is 1. The number of carboxylic acid groups (broad SMARTS) is 1. The second-order valence-corrected chi connectivity index (χ2v) is 5.30. The molecule has 0 aliphatic carbocycles. The number of nitrogens with zero attached hydrogens (tertiary/aromatic N) is 1. The summed E-state index contributed by atoms with van der Waals surface area (Å²) in [6, 6.07) is 13.1. The molecule has 1 N–H and O–H groups in total. The number of aromatic nitrogens is 1. The molecule has 1 atom stereocenters. The van der Waals surface area contributed by atoms with E-state index in [0.717, 1.165) is 0 Å². The Morgan fingerprint density at radius 3 is 2.46 bits per heavy atom. The van der Waals surface area contributed by atoms with E-state index in [9.17, 15) is 19.5 Å². The number of carbonyl (C=O) groups excluding carboxylic acids is 1. The molecular weight excluding hydrogens is 310 g/mol. The van der Waals surface area contributed by atoms with Crippen LogP contribution in [0.15, 0.2) is 57.7 Å². The number of para-hydroxylation sites is 2. The lowest BCUT2D eigenvalue weighted by atomic mass is 9.92. The van der Waals surface area contributed by atoms with Crippen molar-refractivity contribution in [3.05, 3.63) is 75.8 Å². The summed E-state index contributed by atoms with van der Waals surface area (Å²) in [7, 11) is 0. The minimum absolute atomic E-state index is 0.235. The first-order valence-electron chi connectivity index (χ1n) is 7.21. The molecule has 0 radical (unpaired) electrons. The summed E-state index contributed by atoms with van der Waals surface area (Å²) in [5.74, 6) is -3.86. The minimum atomic E-state index is -1.72. The Labute approximate surface area is 136 Å². The van der Waals surface area contributed by atoms with Gasteiger partial charge in [0, 0.05) is 5.56 Å². The van der Waals surface area contributed by atoms with Crippen molar-refractivity contribution in [2.75, 3.05) is 0 Å². The average molecular weight is 323 g/mol. The molecule has 0 saturated carbocycles. The first-order valence-corrected chi connectivity index (χ1v) is 7.21. The molecule has 120 valence electrons. The summed E-state index contributed by atoms with van der Waals surface area (Å²) in [6.45, 7) is 1.70. The van der Waals surface area contributed by atoms with Crippen molar-refractivity contribution < 1.29 is 19.1 Å². The van der Waals surface area contributed by atoms with Crippen molar-refractivity contribution in [3.63, 3.8) is 0 Å². The molecule has 1 unspecified atom stereocenters. The lowest BCUT2D eigenvalue weighted by molar-refractivity contribution is -0.137. The summed E-state index contributed by atoms with van der Waals surface area (Å²) in [4.78, 5) is 40.6. The highest BCUT2D eigenvalue weighted by atomic mass is 16.4. The Balaban J connectivity index is 2.18. The van der Waals surface area contributed by atoms with Crippen molar-refractivity contribution >= 4 is 22.9 Å². The van der Waals surface area contributed by atoms with E-state index >= 15 is 0 Å². The van der Waals surface area contributed by atoms with Crippen LogP contribution in [-0.4, -0.2) is 21.8 Å². The Bertz CT molecular complexity index is 1010. The van der Waals surface area contributed by atoms with Crippen molar-refractivity contribution in [2.45, 2.75) is 12.8 Å². The van der Waals surface area contributed by atoms with Crippen LogP contribution in [0.4, 0.5) is 0 Å². The van der Waals surface area contributed by atoms with E-state index < -0.39 is 29.0 Å². The van der Waals surface area contributed by atoms with E-state index in [-0.39, 0.29) is 11.1 Å². The van der Waals surface area contributed by atoms with Gasteiger partial charge in [-0.25, -0.2) is 9.78 Å². The quantitative estimate of drug-likeness (QED) is 0.585. The molecule has 0 aliphatic rings. The third-order valence-corrected chi connectivity index (χ3v) is 3.71. The molecule has 6 heteroatoms. The van der Waals surface area contributed by atoms with E-state index in [1.807, 2.05) is 0 Å². The maximum absolute atomic E-state index is 12.7. The van der Waals surface area contributed by atoms with Gasteiger partial charge in [-0.1, -0.05) is 36.4 Å². The van der Waals surface area contributed by atoms with Gasteiger partial charge in [-0.15, -0.1) is 0 Å². The van der Waals surface area contributed by atoms with Crippen molar-refractivity contribution in [2.24, 2.45) is 0 Å². The van der Waals surface area contributed by atoms with Crippen LogP contribution >= 0.6 is 0 Å². The van der Waals surface area contributed by atoms with Crippen LogP contribution in [0.5, 0.6) is 0 Å². The van der Waals surface area contributed by atoms with Crippen molar-refractivity contribution in [1.82, 2.24) is 4.98 Å². The van der Waals surface area contributed by atoms with Crippen LogP contribution in [0, 0.1) is 6.92 Å². The average Bonchev–Trinajstić information content (AvgIpc) is 2.55. The van der Waals surface area contributed by atoms with Gasteiger partial charge in [0.05, 0.1) is 0 Å². The smallest absolute Gasteiger partial charge is 0.359 e. The fourth-order valence-electron chi connectivity index (χ4n) is 2.50. The minimum Gasteiger partial charge on any atom is -0.480 e.